The Morgan fingerprint density at radius 3 is 2.23 bits per heavy atom. The zero-order chi connectivity index (χ0) is 22.2. The van der Waals surface area contributed by atoms with Crippen molar-refractivity contribution in [2.75, 3.05) is 44.3 Å². The van der Waals surface area contributed by atoms with Gasteiger partial charge >= 0.3 is 0 Å². The van der Waals surface area contributed by atoms with Crippen molar-refractivity contribution in [2.24, 2.45) is 0 Å². The van der Waals surface area contributed by atoms with Crippen LogP contribution in [0.25, 0.3) is 0 Å². The van der Waals surface area contributed by atoms with E-state index in [0.717, 1.165) is 12.1 Å². The van der Waals surface area contributed by atoms with Crippen LogP contribution in [0.2, 0.25) is 0 Å². The van der Waals surface area contributed by atoms with E-state index in [1.807, 2.05) is 4.90 Å². The Hall–Kier alpha value is -3.53. The van der Waals surface area contributed by atoms with Crippen molar-refractivity contribution < 1.29 is 27.9 Å². The quantitative estimate of drug-likeness (QED) is 0.667. The van der Waals surface area contributed by atoms with Crippen molar-refractivity contribution in [3.05, 3.63) is 65.7 Å². The molecule has 0 spiro atoms. The second-order valence-electron chi connectivity index (χ2n) is 6.82. The van der Waals surface area contributed by atoms with Gasteiger partial charge < -0.3 is 14.5 Å². The second-order valence-corrected chi connectivity index (χ2v) is 6.82. The lowest BCUT2D eigenvalue weighted by Crippen LogP contribution is -2.50. The fraction of sp³-hybridized carbons (Fsp3) is 0.286. The highest BCUT2D eigenvalue weighted by Crippen LogP contribution is 2.20. The van der Waals surface area contributed by atoms with Gasteiger partial charge in [-0.2, -0.15) is 0 Å². The average Bonchev–Trinajstić information content (AvgIpc) is 2.78. The highest BCUT2D eigenvalue weighted by atomic mass is 19.1. The van der Waals surface area contributed by atoms with Gasteiger partial charge in [-0.25, -0.2) is 8.78 Å². The number of piperazine rings is 1. The summed E-state index contributed by atoms with van der Waals surface area (Å²) < 4.78 is 31.8. The van der Waals surface area contributed by atoms with Crippen LogP contribution in [0.1, 0.15) is 10.4 Å². The zero-order valence-electron chi connectivity index (χ0n) is 16.6. The molecule has 2 aromatic carbocycles. The highest BCUT2D eigenvalue weighted by molar-refractivity contribution is 5.95. The van der Waals surface area contributed by atoms with Crippen molar-refractivity contribution in [3.63, 3.8) is 0 Å². The smallest absolute Gasteiger partial charge is 0.269 e. The van der Waals surface area contributed by atoms with Crippen LogP contribution in [-0.2, 0) is 14.3 Å². The Morgan fingerprint density at radius 2 is 1.55 bits per heavy atom. The molecule has 2 N–H and O–H groups in total. The first-order valence-electron chi connectivity index (χ1n) is 9.64. The van der Waals surface area contributed by atoms with E-state index in [1.165, 1.54) is 18.2 Å². The van der Waals surface area contributed by atoms with Crippen LogP contribution >= 0.6 is 0 Å². The molecule has 3 rings (SSSR count). The molecule has 1 aliphatic heterocycles. The molecule has 3 amide bonds. The number of anilines is 1. The maximum atomic E-state index is 13.9. The number of rotatable bonds is 6. The summed E-state index contributed by atoms with van der Waals surface area (Å²) in [5.74, 6) is -2.32. The Kier molecular flexibility index (Phi) is 7.50. The molecule has 1 aliphatic rings. The Morgan fingerprint density at radius 1 is 0.871 bits per heavy atom. The number of halogens is 2. The van der Waals surface area contributed by atoms with Crippen LogP contribution in [0.15, 0.2) is 48.5 Å². The third-order valence-electron chi connectivity index (χ3n) is 4.71. The van der Waals surface area contributed by atoms with Gasteiger partial charge in [-0.05, 0) is 36.4 Å². The molecule has 0 bridgehead atoms. The van der Waals surface area contributed by atoms with E-state index in [4.69, 9.17) is 4.74 Å². The van der Waals surface area contributed by atoms with Crippen molar-refractivity contribution in [2.45, 2.75) is 0 Å². The number of ether oxygens (including phenoxy) is 1. The zero-order valence-corrected chi connectivity index (χ0v) is 16.6. The predicted molar refractivity (Wildman–Crippen MR) is 108 cm³/mol. The summed E-state index contributed by atoms with van der Waals surface area (Å²) in [5, 5.41) is 0. The third kappa shape index (κ3) is 6.22. The van der Waals surface area contributed by atoms with E-state index in [0.29, 0.717) is 31.9 Å². The van der Waals surface area contributed by atoms with Gasteiger partial charge in [0.1, 0.15) is 24.8 Å². The summed E-state index contributed by atoms with van der Waals surface area (Å²) in [5.41, 5.74) is 5.00. The highest BCUT2D eigenvalue weighted by Gasteiger charge is 2.22. The number of hydrogen-bond donors (Lipinski definition) is 2. The summed E-state index contributed by atoms with van der Waals surface area (Å²) in [6.45, 7) is 1.09. The fourth-order valence-electron chi connectivity index (χ4n) is 3.06. The minimum Gasteiger partial charge on any atom is -0.366 e. The molecule has 0 aromatic heterocycles. The maximum absolute atomic E-state index is 13.9. The molecule has 0 atom stereocenters. The number of hydrogen-bond acceptors (Lipinski definition) is 5. The van der Waals surface area contributed by atoms with Crippen LogP contribution in [-0.4, -0.2) is 62.0 Å². The van der Waals surface area contributed by atoms with E-state index in [2.05, 4.69) is 10.9 Å². The van der Waals surface area contributed by atoms with Gasteiger partial charge in [-0.1, -0.05) is 12.1 Å². The fourth-order valence-corrected chi connectivity index (χ4v) is 3.06. The van der Waals surface area contributed by atoms with Gasteiger partial charge in [0.15, 0.2) is 0 Å². The molecule has 0 unspecified atom stereocenters. The van der Waals surface area contributed by atoms with Gasteiger partial charge in [0.2, 0.25) is 5.91 Å². The van der Waals surface area contributed by atoms with Crippen LogP contribution in [0.5, 0.6) is 0 Å². The average molecular weight is 432 g/mol. The van der Waals surface area contributed by atoms with Crippen LogP contribution in [0, 0.1) is 11.6 Å². The van der Waals surface area contributed by atoms with E-state index in [1.54, 1.807) is 23.1 Å². The lowest BCUT2D eigenvalue weighted by atomic mass is 10.2. The van der Waals surface area contributed by atoms with Crippen LogP contribution < -0.4 is 15.8 Å². The summed E-state index contributed by atoms with van der Waals surface area (Å²) in [6.07, 6.45) is 0. The van der Waals surface area contributed by atoms with Gasteiger partial charge in [-0.3, -0.25) is 25.2 Å². The molecule has 10 heteroatoms. The van der Waals surface area contributed by atoms with Gasteiger partial charge in [0, 0.05) is 31.7 Å². The molecule has 1 fully saturated rings. The molecule has 0 radical (unpaired) electrons. The first kappa shape index (κ1) is 22.2. The van der Waals surface area contributed by atoms with Crippen molar-refractivity contribution in [1.29, 1.82) is 0 Å². The molecule has 1 saturated heterocycles. The molecule has 2 aromatic rings. The molecule has 8 nitrogen and oxygen atoms in total. The topological polar surface area (TPSA) is 91.0 Å². The monoisotopic (exact) mass is 432 g/mol. The van der Waals surface area contributed by atoms with Crippen LogP contribution in [0.4, 0.5) is 14.5 Å². The number of hydrazine groups is 1. The summed E-state index contributed by atoms with van der Waals surface area (Å²) in [4.78, 5) is 39.3. The normalized spacial score (nSPS) is 13.6. The number of benzene rings is 2. The van der Waals surface area contributed by atoms with E-state index >= 15 is 0 Å². The summed E-state index contributed by atoms with van der Waals surface area (Å²) in [6, 6.07) is 11.3. The Labute approximate surface area is 177 Å². The molecule has 164 valence electrons. The standard InChI is InChI=1S/C21H22F2N4O4/c22-16-7-5-15(6-8-16)21(30)25-24-19(28)13-31-14-20(29)27-11-9-26(10-12-27)18-4-2-1-3-17(18)23/h1-8H,9-14H2,(H,24,28)(H,25,30). The second kappa shape index (κ2) is 10.5. The Bertz CT molecular complexity index is 931. The summed E-state index contributed by atoms with van der Waals surface area (Å²) in [7, 11) is 0. The van der Waals surface area contributed by atoms with Crippen molar-refractivity contribution in [3.8, 4) is 0 Å². The summed E-state index contributed by atoms with van der Waals surface area (Å²) >= 11 is 0. The number of nitrogens with zero attached hydrogens (tertiary/aromatic N) is 2. The number of nitrogens with one attached hydrogen (secondary N) is 2. The number of para-hydroxylation sites is 1. The van der Waals surface area contributed by atoms with E-state index in [9.17, 15) is 23.2 Å². The van der Waals surface area contributed by atoms with Gasteiger partial charge in [0.25, 0.3) is 11.8 Å². The third-order valence-corrected chi connectivity index (χ3v) is 4.71. The minimum absolute atomic E-state index is 0.173. The molecular formula is C21H22F2N4O4. The van der Waals surface area contributed by atoms with Gasteiger partial charge in [-0.15, -0.1) is 0 Å². The lowest BCUT2D eigenvalue weighted by Gasteiger charge is -2.36. The predicted octanol–water partition coefficient (Wildman–Crippen LogP) is 1.09. The number of carbonyl (C=O) groups excluding carboxylic acids is 3. The van der Waals surface area contributed by atoms with Gasteiger partial charge in [0.05, 0.1) is 5.69 Å². The minimum atomic E-state index is -0.646. The van der Waals surface area contributed by atoms with E-state index < -0.39 is 24.2 Å². The molecule has 0 saturated carbocycles. The molecule has 0 aliphatic carbocycles. The molecular weight excluding hydrogens is 410 g/mol. The maximum Gasteiger partial charge on any atom is 0.269 e. The SMILES string of the molecule is O=C(COCC(=O)N1CCN(c2ccccc2F)CC1)NNC(=O)c1ccc(F)cc1. The first-order chi connectivity index (χ1) is 14.9. The lowest BCUT2D eigenvalue weighted by molar-refractivity contribution is -0.138. The van der Waals surface area contributed by atoms with Crippen LogP contribution in [0.3, 0.4) is 0 Å². The largest absolute Gasteiger partial charge is 0.366 e. The van der Waals surface area contributed by atoms with Crippen molar-refractivity contribution >= 4 is 23.4 Å². The Balaban J connectivity index is 1.34. The van der Waals surface area contributed by atoms with E-state index in [-0.39, 0.29) is 23.9 Å². The molecule has 1 heterocycles. The number of carbonyl (C=O) groups is 3. The van der Waals surface area contributed by atoms with Crippen molar-refractivity contribution in [1.82, 2.24) is 15.8 Å². The number of amides is 3. The first-order valence-corrected chi connectivity index (χ1v) is 9.64. The molecule has 31 heavy (non-hydrogen) atoms.